The first-order valence-corrected chi connectivity index (χ1v) is 17.5. The lowest BCUT2D eigenvalue weighted by atomic mass is 9.93. The van der Waals surface area contributed by atoms with Gasteiger partial charge in [-0.1, -0.05) is 30.3 Å². The van der Waals surface area contributed by atoms with E-state index in [1.54, 1.807) is 12.3 Å². The first-order valence-electron chi connectivity index (χ1n) is 17.5. The van der Waals surface area contributed by atoms with E-state index in [1.807, 2.05) is 52.9 Å². The molecule has 2 saturated heterocycles. The number of carbonyl (C=O) groups excluding carboxylic acids is 2. The molecular formula is C38H43N7O4. The molecule has 2 amide bonds. The van der Waals surface area contributed by atoms with E-state index in [0.717, 1.165) is 90.9 Å². The van der Waals surface area contributed by atoms with Crippen LogP contribution in [0.5, 0.6) is 0 Å². The number of hydrogen-bond donors (Lipinski definition) is 3. The molecule has 4 aliphatic heterocycles. The highest BCUT2D eigenvalue weighted by atomic mass is 16.3. The number of β-amino-alcohol motifs (C(OH)–C–C–N with tert-alkyl or cyclic N) is 2. The van der Waals surface area contributed by atoms with E-state index in [0.29, 0.717) is 43.3 Å². The summed E-state index contributed by atoms with van der Waals surface area (Å²) >= 11 is 0. The van der Waals surface area contributed by atoms with E-state index >= 15 is 0 Å². The minimum absolute atomic E-state index is 0.0905. The van der Waals surface area contributed by atoms with Crippen LogP contribution >= 0.6 is 0 Å². The van der Waals surface area contributed by atoms with Crippen LogP contribution in [0.15, 0.2) is 60.8 Å². The van der Waals surface area contributed by atoms with Gasteiger partial charge in [0.25, 0.3) is 11.8 Å². The van der Waals surface area contributed by atoms with Crippen molar-refractivity contribution in [1.82, 2.24) is 24.6 Å². The van der Waals surface area contributed by atoms with Crippen molar-refractivity contribution in [2.24, 2.45) is 0 Å². The van der Waals surface area contributed by atoms with Crippen LogP contribution in [0.3, 0.4) is 0 Å². The second-order valence-electron chi connectivity index (χ2n) is 13.9. The highest BCUT2D eigenvalue weighted by Crippen LogP contribution is 2.40. The van der Waals surface area contributed by atoms with Gasteiger partial charge in [0.05, 0.1) is 23.9 Å². The molecule has 2 aromatic heterocycles. The molecule has 4 aromatic rings. The Morgan fingerprint density at radius 1 is 0.898 bits per heavy atom. The van der Waals surface area contributed by atoms with Crippen molar-refractivity contribution in [3.63, 3.8) is 0 Å². The molecule has 6 heterocycles. The molecule has 3 atom stereocenters. The predicted octanol–water partition coefficient (Wildman–Crippen LogP) is 4.18. The van der Waals surface area contributed by atoms with Crippen molar-refractivity contribution in [1.29, 1.82) is 0 Å². The molecule has 254 valence electrons. The maximum atomic E-state index is 14.0. The summed E-state index contributed by atoms with van der Waals surface area (Å²) in [6, 6.07) is 17.8. The Kier molecular flexibility index (Phi) is 8.53. The van der Waals surface area contributed by atoms with Crippen LogP contribution in [0.2, 0.25) is 0 Å². The summed E-state index contributed by atoms with van der Waals surface area (Å²) in [4.78, 5) is 38.0. The number of anilines is 2. The average Bonchev–Trinajstić information content (AvgIpc) is 3.92. The first kappa shape index (κ1) is 31.8. The van der Waals surface area contributed by atoms with Crippen molar-refractivity contribution in [2.45, 2.75) is 70.4 Å². The van der Waals surface area contributed by atoms with E-state index in [9.17, 15) is 19.8 Å². The highest BCUT2D eigenvalue weighted by Gasteiger charge is 2.35. The normalized spacial score (nSPS) is 22.3. The minimum Gasteiger partial charge on any atom is -0.392 e. The summed E-state index contributed by atoms with van der Waals surface area (Å²) in [5.74, 6) is -0.364. The molecule has 49 heavy (non-hydrogen) atoms. The monoisotopic (exact) mass is 661 g/mol. The second-order valence-corrected chi connectivity index (χ2v) is 13.9. The number of likely N-dealkylation sites (tertiary alicyclic amines) is 2. The molecule has 2 aromatic carbocycles. The van der Waals surface area contributed by atoms with Crippen molar-refractivity contribution in [3.05, 3.63) is 94.6 Å². The number of nitrogens with one attached hydrogen (secondary N) is 1. The van der Waals surface area contributed by atoms with Crippen molar-refractivity contribution >= 4 is 23.2 Å². The molecule has 1 unspecified atom stereocenters. The Balaban J connectivity index is 0.992. The number of aromatic nitrogens is 3. The lowest BCUT2D eigenvalue weighted by molar-refractivity contribution is 0.0982. The Labute approximate surface area is 286 Å². The van der Waals surface area contributed by atoms with Gasteiger partial charge in [-0.2, -0.15) is 5.10 Å². The van der Waals surface area contributed by atoms with E-state index in [2.05, 4.69) is 32.2 Å². The van der Waals surface area contributed by atoms with Crippen LogP contribution in [0.25, 0.3) is 11.1 Å². The minimum atomic E-state index is -0.285. The predicted molar refractivity (Wildman–Crippen MR) is 186 cm³/mol. The van der Waals surface area contributed by atoms with Gasteiger partial charge in [0.2, 0.25) is 0 Å². The molecule has 11 heteroatoms. The van der Waals surface area contributed by atoms with Crippen molar-refractivity contribution in [2.75, 3.05) is 42.9 Å². The molecule has 11 nitrogen and oxygen atoms in total. The fraction of sp³-hybridized carbons (Fsp3) is 0.421. The summed E-state index contributed by atoms with van der Waals surface area (Å²) < 4.78 is 1.99. The number of pyridine rings is 1. The van der Waals surface area contributed by atoms with E-state index in [-0.39, 0.29) is 30.1 Å². The number of hydrogen-bond acceptors (Lipinski definition) is 8. The fourth-order valence-electron chi connectivity index (χ4n) is 8.14. The number of rotatable bonds is 7. The topological polar surface area (TPSA) is 127 Å². The van der Waals surface area contributed by atoms with E-state index in [4.69, 9.17) is 5.10 Å². The Morgan fingerprint density at radius 2 is 1.71 bits per heavy atom. The van der Waals surface area contributed by atoms with Crippen LogP contribution in [0.4, 0.5) is 11.4 Å². The number of carbonyl (C=O) groups is 2. The van der Waals surface area contributed by atoms with E-state index < -0.39 is 0 Å². The van der Waals surface area contributed by atoms with Gasteiger partial charge in [-0.15, -0.1) is 0 Å². The van der Waals surface area contributed by atoms with Gasteiger partial charge in [-0.25, -0.2) is 0 Å². The highest BCUT2D eigenvalue weighted by molar-refractivity contribution is 6.07. The summed E-state index contributed by atoms with van der Waals surface area (Å²) in [6.45, 7) is 7.14. The zero-order valence-electron chi connectivity index (χ0n) is 27.9. The quantitative estimate of drug-likeness (QED) is 0.270. The largest absolute Gasteiger partial charge is 0.392 e. The van der Waals surface area contributed by atoms with Crippen LogP contribution in [0.1, 0.15) is 75.1 Å². The van der Waals surface area contributed by atoms with E-state index in [1.165, 1.54) is 0 Å². The Morgan fingerprint density at radius 3 is 2.49 bits per heavy atom. The molecule has 8 rings (SSSR count). The van der Waals surface area contributed by atoms with Gasteiger partial charge in [0.15, 0.2) is 5.69 Å². The molecule has 0 bridgehead atoms. The number of aliphatic hydroxyl groups is 2. The van der Waals surface area contributed by atoms with Gasteiger partial charge in [0, 0.05) is 63.4 Å². The first-order chi connectivity index (χ1) is 23.8. The van der Waals surface area contributed by atoms with Gasteiger partial charge in [-0.3, -0.25) is 29.1 Å². The summed E-state index contributed by atoms with van der Waals surface area (Å²) in [5.41, 5.74) is 8.61. The number of aliphatic hydroxyl groups excluding tert-OH is 2. The van der Waals surface area contributed by atoms with Crippen LogP contribution in [-0.4, -0.2) is 91.5 Å². The summed E-state index contributed by atoms with van der Waals surface area (Å²) in [6.07, 6.45) is 5.49. The molecule has 3 N–H and O–H groups in total. The summed E-state index contributed by atoms with van der Waals surface area (Å²) in [7, 11) is 0. The standard InChI is InChI=1S/C38H43N7O4/c1-24-28(5-2-7-31(24)40-37(48)32-11-10-25(20-39-32)21-42-16-12-26(46)22-42)29-6-3-8-34-30(29)14-18-44(34)38(49)33-19-36-35(9-4-15-45(36)41-33)43-17-13-27(47)23-43/h2-3,5-8,10-11,19-20,26-27,35,46-47H,4,9,12-18,21-23H2,1H3,(H,40,48)/t26-,27-,35?/m1/s1. The molecule has 0 saturated carbocycles. The maximum absolute atomic E-state index is 14.0. The van der Waals surface area contributed by atoms with Crippen molar-refractivity contribution in [3.8, 4) is 11.1 Å². The van der Waals surface area contributed by atoms with Gasteiger partial charge >= 0.3 is 0 Å². The maximum Gasteiger partial charge on any atom is 0.278 e. The average molecular weight is 662 g/mol. The third-order valence-corrected chi connectivity index (χ3v) is 10.7. The van der Waals surface area contributed by atoms with Crippen molar-refractivity contribution < 1.29 is 19.8 Å². The molecule has 0 aliphatic carbocycles. The number of fused-ring (bicyclic) bond motifs is 2. The SMILES string of the molecule is Cc1c(NC(=O)c2ccc(CN3CC[C@@H](O)C3)cn2)cccc1-c1cccc2c1CCN2C(=O)c1cc2n(n1)CCCC2N1CC[C@@H](O)C1. The zero-order chi connectivity index (χ0) is 33.6. The van der Waals surface area contributed by atoms with Crippen LogP contribution in [-0.2, 0) is 19.5 Å². The number of aryl methyl sites for hydroxylation is 1. The molecule has 2 fully saturated rings. The Hall–Kier alpha value is -4.42. The molecular weight excluding hydrogens is 618 g/mol. The third kappa shape index (κ3) is 6.16. The number of amides is 2. The van der Waals surface area contributed by atoms with Crippen LogP contribution in [0, 0.1) is 6.92 Å². The Bertz CT molecular complexity index is 1890. The van der Waals surface area contributed by atoms with Crippen LogP contribution < -0.4 is 10.2 Å². The van der Waals surface area contributed by atoms with Gasteiger partial charge in [-0.05, 0) is 91.1 Å². The number of benzene rings is 2. The fourth-order valence-corrected chi connectivity index (χ4v) is 8.14. The smallest absolute Gasteiger partial charge is 0.278 e. The number of nitrogens with zero attached hydrogens (tertiary/aromatic N) is 6. The molecule has 0 radical (unpaired) electrons. The summed E-state index contributed by atoms with van der Waals surface area (Å²) in [5, 5.41) is 27.8. The second kappa shape index (κ2) is 13.1. The third-order valence-electron chi connectivity index (χ3n) is 10.7. The van der Waals surface area contributed by atoms with Gasteiger partial charge < -0.3 is 20.4 Å². The molecule has 0 spiro atoms. The lowest BCUT2D eigenvalue weighted by Gasteiger charge is -2.31. The zero-order valence-corrected chi connectivity index (χ0v) is 27.9. The lowest BCUT2D eigenvalue weighted by Crippen LogP contribution is -2.32. The molecule has 4 aliphatic rings. The van der Waals surface area contributed by atoms with Gasteiger partial charge in [0.1, 0.15) is 5.69 Å².